The van der Waals surface area contributed by atoms with E-state index >= 15 is 0 Å². The molecule has 8 nitrogen and oxygen atoms in total. The molecular weight excluding hydrogens is 526 g/mol. The van der Waals surface area contributed by atoms with Crippen LogP contribution in [0.3, 0.4) is 0 Å². The number of nitrogens with zero attached hydrogens (tertiary/aromatic N) is 2. The van der Waals surface area contributed by atoms with E-state index < -0.39 is 38.4 Å². The quantitative estimate of drug-likeness (QED) is 0.504. The lowest BCUT2D eigenvalue weighted by Gasteiger charge is -2.47. The summed E-state index contributed by atoms with van der Waals surface area (Å²) in [5.41, 5.74) is 0.947. The van der Waals surface area contributed by atoms with Gasteiger partial charge in [0.2, 0.25) is 15.7 Å². The Labute approximate surface area is 237 Å². The van der Waals surface area contributed by atoms with Crippen molar-refractivity contribution in [3.05, 3.63) is 77.9 Å². The molecule has 0 aromatic heterocycles. The van der Waals surface area contributed by atoms with Crippen LogP contribution in [0, 0.1) is 0 Å². The number of nitrogens with one attached hydrogen (secondary N) is 1. The van der Waals surface area contributed by atoms with Crippen molar-refractivity contribution in [2.75, 3.05) is 26.7 Å². The number of amides is 2. The van der Waals surface area contributed by atoms with Gasteiger partial charge in [-0.05, 0) is 54.8 Å². The molecule has 9 heteroatoms. The molecule has 0 unspecified atom stereocenters. The molecule has 3 aliphatic heterocycles. The number of piperazine rings is 1. The molecule has 6 rings (SSSR count). The average Bonchev–Trinajstić information content (AvgIpc) is 3.06. The van der Waals surface area contributed by atoms with E-state index in [2.05, 4.69) is 5.32 Å². The first-order chi connectivity index (χ1) is 18.4. The zero-order chi connectivity index (χ0) is 28.0. The lowest BCUT2D eigenvalue weighted by atomic mass is 9.97. The third-order valence-electron chi connectivity index (χ3n) is 7.56. The van der Waals surface area contributed by atoms with Crippen molar-refractivity contribution in [1.29, 1.82) is 0 Å². The van der Waals surface area contributed by atoms with Gasteiger partial charge in [0.1, 0.15) is 11.6 Å². The Morgan fingerprint density at radius 2 is 1.73 bits per heavy atom. The molecule has 1 fully saturated rings. The lowest BCUT2D eigenvalue weighted by Crippen LogP contribution is -2.69. The zero-order valence-electron chi connectivity index (χ0n) is 22.8. The maximum Gasteiger partial charge on any atom is 0.410 e. The Balaban J connectivity index is 0.00000370. The van der Waals surface area contributed by atoms with E-state index in [9.17, 15) is 18.0 Å². The maximum absolute atomic E-state index is 14.5. The number of fused-ring (bicyclic) bond motifs is 3. The van der Waals surface area contributed by atoms with E-state index in [1.54, 1.807) is 52.1 Å². The Morgan fingerprint density at radius 1 is 1.05 bits per heavy atom. The van der Waals surface area contributed by atoms with Crippen LogP contribution in [-0.2, 0) is 32.2 Å². The predicted octanol–water partition coefficient (Wildman–Crippen LogP) is 4.41. The topological polar surface area (TPSA) is 96.0 Å². The summed E-state index contributed by atoms with van der Waals surface area (Å²) in [6, 6.07) is 19.7. The Bertz CT molecular complexity index is 1510. The van der Waals surface area contributed by atoms with Crippen LogP contribution < -0.4 is 5.32 Å². The van der Waals surface area contributed by atoms with Gasteiger partial charge in [-0.3, -0.25) is 9.69 Å². The number of ether oxygens (including phenoxy) is 1. The minimum Gasteiger partial charge on any atom is -0.444 e. The van der Waals surface area contributed by atoms with Crippen LogP contribution in [0.15, 0.2) is 71.6 Å². The summed E-state index contributed by atoms with van der Waals surface area (Å²) in [6.45, 7) is 6.07. The predicted molar refractivity (Wildman–Crippen MR) is 157 cm³/mol. The molecule has 0 aliphatic carbocycles. The first-order valence-electron chi connectivity index (χ1n) is 13.2. The molecule has 3 aromatic rings. The van der Waals surface area contributed by atoms with Gasteiger partial charge in [-0.2, -0.15) is 0 Å². The summed E-state index contributed by atoms with van der Waals surface area (Å²) in [4.78, 5) is 29.2. The van der Waals surface area contributed by atoms with E-state index in [-0.39, 0.29) is 38.3 Å². The summed E-state index contributed by atoms with van der Waals surface area (Å²) in [7, 11) is -2.36. The van der Waals surface area contributed by atoms with Gasteiger partial charge in [0.05, 0.1) is 4.90 Å². The molecular formula is C31H39N3O5S. The van der Waals surface area contributed by atoms with Gasteiger partial charge in [0, 0.05) is 39.5 Å². The molecule has 3 aromatic carbocycles. The maximum atomic E-state index is 14.5. The second-order valence-corrected chi connectivity index (χ2v) is 13.7. The van der Waals surface area contributed by atoms with Crippen molar-refractivity contribution in [2.24, 2.45) is 0 Å². The van der Waals surface area contributed by atoms with Crippen LogP contribution in [0.1, 0.15) is 39.3 Å². The summed E-state index contributed by atoms with van der Waals surface area (Å²) in [6.07, 6.45) is -0.256. The van der Waals surface area contributed by atoms with E-state index in [1.807, 2.05) is 42.5 Å². The van der Waals surface area contributed by atoms with E-state index in [0.29, 0.717) is 6.54 Å². The SMILES string of the molecule is C.CN(C(=O)OC(C)(C)C)[C@H](Cc1ccc2ccccc2c1)C(=O)N1CCNC[C@]12Cc1ccc(cc1)S2(=O)=O. The zero-order valence-corrected chi connectivity index (χ0v) is 23.6. The number of hydrogen-bond acceptors (Lipinski definition) is 6. The molecule has 1 spiro atoms. The second-order valence-electron chi connectivity index (χ2n) is 11.4. The lowest BCUT2D eigenvalue weighted by molar-refractivity contribution is -0.141. The van der Waals surface area contributed by atoms with Crippen LogP contribution in [0.25, 0.3) is 10.8 Å². The van der Waals surface area contributed by atoms with Crippen molar-refractivity contribution in [2.45, 2.75) is 62.4 Å². The van der Waals surface area contributed by atoms with E-state index in [1.165, 1.54) is 9.80 Å². The fraction of sp³-hybridized carbons (Fsp3) is 0.419. The molecule has 2 amide bonds. The summed E-state index contributed by atoms with van der Waals surface area (Å²) < 4.78 is 33.6. The first kappa shape index (κ1) is 29.6. The highest BCUT2D eigenvalue weighted by Gasteiger charge is 2.55. The van der Waals surface area contributed by atoms with E-state index in [4.69, 9.17) is 4.74 Å². The van der Waals surface area contributed by atoms with Gasteiger partial charge in [-0.1, -0.05) is 62.0 Å². The molecule has 1 N–H and O–H groups in total. The molecule has 2 bridgehead atoms. The fourth-order valence-corrected chi connectivity index (χ4v) is 7.58. The van der Waals surface area contributed by atoms with Gasteiger partial charge >= 0.3 is 6.09 Å². The largest absolute Gasteiger partial charge is 0.444 e. The summed E-state index contributed by atoms with van der Waals surface area (Å²) in [5.74, 6) is -0.413. The molecule has 1 saturated heterocycles. The second kappa shape index (κ2) is 10.9. The smallest absolute Gasteiger partial charge is 0.410 e. The Hall–Kier alpha value is -3.43. The van der Waals surface area contributed by atoms with Crippen LogP contribution in [0.2, 0.25) is 0 Å². The average molecular weight is 566 g/mol. The molecule has 3 aliphatic rings. The number of benzene rings is 3. The Morgan fingerprint density at radius 3 is 2.40 bits per heavy atom. The van der Waals surface area contributed by atoms with Gasteiger partial charge in [0.25, 0.3) is 0 Å². The van der Waals surface area contributed by atoms with Gasteiger partial charge in [-0.25, -0.2) is 13.2 Å². The van der Waals surface area contributed by atoms with Crippen molar-refractivity contribution >= 4 is 32.6 Å². The highest BCUT2D eigenvalue weighted by atomic mass is 32.2. The number of sulfone groups is 1. The third kappa shape index (κ3) is 5.32. The van der Waals surface area contributed by atoms with Crippen LogP contribution in [0.5, 0.6) is 0 Å². The van der Waals surface area contributed by atoms with Gasteiger partial charge < -0.3 is 15.0 Å². The minimum absolute atomic E-state index is 0. The normalized spacial score (nSPS) is 20.4. The summed E-state index contributed by atoms with van der Waals surface area (Å²) in [5, 5.41) is 5.30. The Kier molecular flexibility index (Phi) is 8.02. The van der Waals surface area contributed by atoms with Crippen LogP contribution >= 0.6 is 0 Å². The number of rotatable bonds is 4. The van der Waals surface area contributed by atoms with E-state index in [0.717, 1.165) is 21.9 Å². The molecule has 0 saturated carbocycles. The van der Waals surface area contributed by atoms with Crippen LogP contribution in [-0.4, -0.2) is 73.4 Å². The van der Waals surface area contributed by atoms with Crippen molar-refractivity contribution in [3.63, 3.8) is 0 Å². The molecule has 3 heterocycles. The molecule has 40 heavy (non-hydrogen) atoms. The van der Waals surface area contributed by atoms with Crippen molar-refractivity contribution in [3.8, 4) is 0 Å². The fourth-order valence-electron chi connectivity index (χ4n) is 5.52. The summed E-state index contributed by atoms with van der Waals surface area (Å²) >= 11 is 0. The molecule has 214 valence electrons. The number of carbonyl (C=O) groups excluding carboxylic acids is 2. The monoisotopic (exact) mass is 565 g/mol. The van der Waals surface area contributed by atoms with Gasteiger partial charge in [0.15, 0.2) is 4.87 Å². The number of likely N-dealkylation sites (N-methyl/N-ethyl adjacent to an activating group) is 1. The standard InChI is InChI=1S/C30H35N3O5S.CH4/c1-29(2,3)38-28(35)32(4)26(18-22-9-12-23-7-5-6-8-24(23)17-22)27(34)33-16-15-31-20-30(33)19-21-10-13-25(14-11-21)39(30,36)37;/h5-14,17,26,31H,15-16,18-20H2,1-4H3;1H4/t26-,30-;/m1./s1. The third-order valence-corrected chi connectivity index (χ3v) is 9.96. The number of carbonyl (C=O) groups is 2. The minimum atomic E-state index is -3.91. The van der Waals surface area contributed by atoms with Gasteiger partial charge in [-0.15, -0.1) is 0 Å². The van der Waals surface area contributed by atoms with Crippen LogP contribution in [0.4, 0.5) is 4.79 Å². The molecule has 0 radical (unpaired) electrons. The molecule has 2 atom stereocenters. The van der Waals surface area contributed by atoms with Crippen molar-refractivity contribution < 1.29 is 22.7 Å². The number of hydrogen-bond donors (Lipinski definition) is 1. The van der Waals surface area contributed by atoms with Crippen molar-refractivity contribution in [1.82, 2.24) is 15.1 Å². The highest BCUT2D eigenvalue weighted by molar-refractivity contribution is 7.92. The first-order valence-corrected chi connectivity index (χ1v) is 14.7. The highest BCUT2D eigenvalue weighted by Crippen LogP contribution is 2.38.